The first-order chi connectivity index (χ1) is 16.7. The van der Waals surface area contributed by atoms with Gasteiger partial charge in [-0.2, -0.15) is 0 Å². The van der Waals surface area contributed by atoms with Crippen molar-refractivity contribution in [3.05, 3.63) is 69.7 Å². The van der Waals surface area contributed by atoms with Crippen LogP contribution in [0.1, 0.15) is 34.9 Å². The van der Waals surface area contributed by atoms with Crippen molar-refractivity contribution >= 4 is 11.9 Å². The number of methoxy groups -OCH3 is 2. The molecule has 3 rings (SSSR count). The van der Waals surface area contributed by atoms with Gasteiger partial charge in [0.1, 0.15) is 5.75 Å². The summed E-state index contributed by atoms with van der Waals surface area (Å²) in [5.74, 6) is -1.83. The average Bonchev–Trinajstić information content (AvgIpc) is 3.35. The van der Waals surface area contributed by atoms with E-state index in [1.807, 2.05) is 0 Å². The molecule has 1 amide bonds. The van der Waals surface area contributed by atoms with Crippen molar-refractivity contribution in [3.63, 3.8) is 0 Å². The summed E-state index contributed by atoms with van der Waals surface area (Å²) in [6, 6.07) is 6.26. The minimum absolute atomic E-state index is 0.0385. The molecule has 0 spiro atoms. The van der Waals surface area contributed by atoms with Crippen LogP contribution in [-0.4, -0.2) is 52.3 Å². The van der Waals surface area contributed by atoms with E-state index >= 15 is 0 Å². The van der Waals surface area contributed by atoms with Crippen LogP contribution < -0.4 is 20.8 Å². The Labute approximate surface area is 201 Å². The van der Waals surface area contributed by atoms with Crippen LogP contribution in [0.2, 0.25) is 0 Å². The molecular weight excluding hydrogens is 456 g/mol. The summed E-state index contributed by atoms with van der Waals surface area (Å²) in [6.07, 6.45) is 3.53. The molecule has 1 atom stereocenters. The van der Waals surface area contributed by atoms with Gasteiger partial charge in [0.15, 0.2) is 18.1 Å². The Bertz CT molecular complexity index is 1250. The molecule has 0 aliphatic carbocycles. The van der Waals surface area contributed by atoms with Crippen LogP contribution in [0, 0.1) is 6.92 Å². The van der Waals surface area contributed by atoms with Crippen molar-refractivity contribution in [1.29, 1.82) is 0 Å². The van der Waals surface area contributed by atoms with Crippen LogP contribution in [0.3, 0.4) is 0 Å². The van der Waals surface area contributed by atoms with Crippen molar-refractivity contribution in [2.24, 2.45) is 5.73 Å². The number of hydrogen-bond donors (Lipinski definition) is 3. The minimum Gasteiger partial charge on any atom is -0.507 e. The fourth-order valence-corrected chi connectivity index (χ4v) is 3.84. The van der Waals surface area contributed by atoms with E-state index in [-0.39, 0.29) is 23.5 Å². The van der Waals surface area contributed by atoms with Crippen LogP contribution in [0.5, 0.6) is 17.2 Å². The number of hydrogen-bond acceptors (Lipinski definition) is 8. The summed E-state index contributed by atoms with van der Waals surface area (Å²) in [4.78, 5) is 44.1. The number of aromatic amines is 1. The van der Waals surface area contributed by atoms with Crippen LogP contribution in [0.4, 0.5) is 0 Å². The zero-order valence-electron chi connectivity index (χ0n) is 19.7. The normalized spacial score (nSPS) is 11.6. The molecular formula is C24H28N4O7. The highest BCUT2D eigenvalue weighted by molar-refractivity contribution is 5.75. The van der Waals surface area contributed by atoms with Gasteiger partial charge in [0.25, 0.3) is 11.5 Å². The number of H-pyrrole nitrogens is 1. The fourth-order valence-electron chi connectivity index (χ4n) is 3.84. The van der Waals surface area contributed by atoms with Crippen molar-refractivity contribution in [1.82, 2.24) is 14.5 Å². The first-order valence-electron chi connectivity index (χ1n) is 10.8. The lowest BCUT2D eigenvalue weighted by Crippen LogP contribution is -2.29. The van der Waals surface area contributed by atoms with Gasteiger partial charge in [0.2, 0.25) is 0 Å². The Hall–Kier alpha value is -4.28. The Morgan fingerprint density at radius 2 is 2.00 bits per heavy atom. The maximum absolute atomic E-state index is 13.6. The largest absolute Gasteiger partial charge is 0.507 e. The number of rotatable bonds is 11. The number of aromatic hydroxyl groups is 1. The number of nitrogens with two attached hydrogens (primary N) is 1. The number of aryl methyl sites for hydroxylation is 2. The van der Waals surface area contributed by atoms with Gasteiger partial charge < -0.3 is 34.6 Å². The maximum atomic E-state index is 13.6. The number of carbonyl (C=O) groups is 2. The number of benzene rings is 1. The van der Waals surface area contributed by atoms with Gasteiger partial charge in [-0.1, -0.05) is 6.07 Å². The van der Waals surface area contributed by atoms with Gasteiger partial charge in [-0.25, -0.2) is 4.98 Å². The third-order valence-corrected chi connectivity index (χ3v) is 5.59. The molecule has 186 valence electrons. The second-order valence-electron chi connectivity index (χ2n) is 7.87. The standard InChI is InChI=1S/C24H28N4O7/c1-14-8-18(29)23(24(32)28(14)7-6-16-11-26-13-27-16)17(10-22(31)34-3)15-4-5-19(33-2)20(9-15)35-12-21(25)30/h4-5,8-9,11,13,17,29H,6-7,10,12H2,1-3H3,(H2,25,30)(H,26,27)/t17-/m1/s1. The molecule has 0 unspecified atom stereocenters. The topological polar surface area (TPSA) is 159 Å². The number of nitrogens with zero attached hydrogens (tertiary/aromatic N) is 2. The molecule has 3 aromatic rings. The monoisotopic (exact) mass is 484 g/mol. The maximum Gasteiger partial charge on any atom is 0.306 e. The molecule has 0 saturated heterocycles. The summed E-state index contributed by atoms with van der Waals surface area (Å²) in [5.41, 5.74) is 6.68. The fraction of sp³-hybridized carbons (Fsp3) is 0.333. The van der Waals surface area contributed by atoms with Crippen LogP contribution in [0.15, 0.2) is 41.6 Å². The van der Waals surface area contributed by atoms with E-state index in [0.29, 0.717) is 30.0 Å². The van der Waals surface area contributed by atoms with Crippen LogP contribution >= 0.6 is 0 Å². The first-order valence-corrected chi connectivity index (χ1v) is 10.8. The quantitative estimate of drug-likeness (QED) is 0.344. The molecule has 0 fully saturated rings. The van der Waals surface area contributed by atoms with Gasteiger partial charge in [0.05, 0.1) is 32.5 Å². The van der Waals surface area contributed by atoms with Gasteiger partial charge in [-0.3, -0.25) is 14.4 Å². The summed E-state index contributed by atoms with van der Waals surface area (Å²) < 4.78 is 17.1. The first kappa shape index (κ1) is 25.3. The van der Waals surface area contributed by atoms with E-state index in [4.69, 9.17) is 19.9 Å². The van der Waals surface area contributed by atoms with Crippen LogP contribution in [0.25, 0.3) is 0 Å². The van der Waals surface area contributed by atoms with Crippen molar-refractivity contribution < 1.29 is 28.9 Å². The van der Waals surface area contributed by atoms with E-state index in [9.17, 15) is 19.5 Å². The number of imidazole rings is 1. The van der Waals surface area contributed by atoms with Crippen molar-refractivity contribution in [3.8, 4) is 17.2 Å². The molecule has 0 radical (unpaired) electrons. The number of amides is 1. The molecule has 0 bridgehead atoms. The summed E-state index contributed by atoms with van der Waals surface area (Å²) in [5, 5.41) is 10.8. The lowest BCUT2D eigenvalue weighted by molar-refractivity contribution is -0.140. The number of pyridine rings is 1. The number of nitrogens with one attached hydrogen (secondary N) is 1. The molecule has 11 heteroatoms. The minimum atomic E-state index is -0.865. The van der Waals surface area contributed by atoms with Crippen molar-refractivity contribution in [2.75, 3.05) is 20.8 Å². The van der Waals surface area contributed by atoms with Crippen molar-refractivity contribution in [2.45, 2.75) is 32.2 Å². The number of primary amides is 1. The van der Waals surface area contributed by atoms with Crippen LogP contribution in [-0.2, 0) is 27.3 Å². The Morgan fingerprint density at radius 3 is 2.63 bits per heavy atom. The molecule has 0 aliphatic heterocycles. The summed E-state index contributed by atoms with van der Waals surface area (Å²) in [7, 11) is 2.68. The number of aromatic nitrogens is 3. The van der Waals surface area contributed by atoms with Gasteiger partial charge >= 0.3 is 5.97 Å². The van der Waals surface area contributed by atoms with Gasteiger partial charge in [-0.15, -0.1) is 0 Å². The third-order valence-electron chi connectivity index (χ3n) is 5.59. The summed E-state index contributed by atoms with van der Waals surface area (Å²) in [6.45, 7) is 1.66. The lowest BCUT2D eigenvalue weighted by Gasteiger charge is -2.21. The zero-order chi connectivity index (χ0) is 25.5. The second-order valence-corrected chi connectivity index (χ2v) is 7.87. The SMILES string of the molecule is COC(=O)C[C@H](c1ccc(OC)c(OCC(N)=O)c1)c1c(O)cc(C)n(CCc2cnc[nH]2)c1=O. The number of esters is 1. The third kappa shape index (κ3) is 5.99. The second kappa shape index (κ2) is 11.2. The highest BCUT2D eigenvalue weighted by Gasteiger charge is 2.27. The Balaban J connectivity index is 2.10. The average molecular weight is 485 g/mol. The zero-order valence-corrected chi connectivity index (χ0v) is 19.7. The molecule has 11 nitrogen and oxygen atoms in total. The molecule has 1 aromatic carbocycles. The van der Waals surface area contributed by atoms with E-state index in [1.54, 1.807) is 37.6 Å². The number of carbonyl (C=O) groups excluding carboxylic acids is 2. The van der Waals surface area contributed by atoms with E-state index in [1.165, 1.54) is 24.9 Å². The van der Waals surface area contributed by atoms with E-state index in [2.05, 4.69) is 9.97 Å². The molecule has 2 aromatic heterocycles. The highest BCUT2D eigenvalue weighted by Crippen LogP contribution is 2.37. The molecule has 4 N–H and O–H groups in total. The Morgan fingerprint density at radius 1 is 1.23 bits per heavy atom. The molecule has 2 heterocycles. The van der Waals surface area contributed by atoms with Gasteiger partial charge in [-0.05, 0) is 30.7 Å². The predicted molar refractivity (Wildman–Crippen MR) is 126 cm³/mol. The van der Waals surface area contributed by atoms with E-state index in [0.717, 1.165) is 5.69 Å². The molecule has 0 aliphatic rings. The Kier molecular flexibility index (Phi) is 8.13. The van der Waals surface area contributed by atoms with E-state index < -0.39 is 30.0 Å². The molecule has 0 saturated carbocycles. The number of ether oxygens (including phenoxy) is 3. The highest BCUT2D eigenvalue weighted by atomic mass is 16.5. The van der Waals surface area contributed by atoms with Gasteiger partial charge in [0, 0.05) is 36.5 Å². The smallest absolute Gasteiger partial charge is 0.306 e. The molecule has 35 heavy (non-hydrogen) atoms. The lowest BCUT2D eigenvalue weighted by atomic mass is 9.88. The predicted octanol–water partition coefficient (Wildman–Crippen LogP) is 1.40. The summed E-state index contributed by atoms with van der Waals surface area (Å²) >= 11 is 0.